The maximum absolute atomic E-state index is 13.3. The monoisotopic (exact) mass is 571 g/mol. The van der Waals surface area contributed by atoms with Crippen LogP contribution in [0, 0.1) is 10.1 Å². The van der Waals surface area contributed by atoms with Crippen molar-refractivity contribution < 1.29 is 28.8 Å². The minimum atomic E-state index is -0.976. The molecule has 5 rings (SSSR count). The number of rotatable bonds is 8. The molecule has 41 heavy (non-hydrogen) atoms. The zero-order chi connectivity index (χ0) is 29.1. The molecule has 10 nitrogen and oxygen atoms in total. The minimum absolute atomic E-state index is 0.0571. The second-order valence-corrected chi connectivity index (χ2v) is 9.33. The fourth-order valence-corrected chi connectivity index (χ4v) is 4.70. The van der Waals surface area contributed by atoms with E-state index < -0.39 is 22.8 Å². The van der Waals surface area contributed by atoms with Gasteiger partial charge in [-0.3, -0.25) is 25.0 Å². The van der Waals surface area contributed by atoms with Crippen molar-refractivity contribution in [1.29, 1.82) is 0 Å². The number of urea groups is 1. The smallest absolute Gasteiger partial charge is 0.335 e. The molecule has 4 aromatic rings. The highest BCUT2D eigenvalue weighted by molar-refractivity contribution is 6.39. The third-order valence-electron chi connectivity index (χ3n) is 6.32. The summed E-state index contributed by atoms with van der Waals surface area (Å²) < 4.78 is 11.9. The van der Waals surface area contributed by atoms with Crippen molar-refractivity contribution in [1.82, 2.24) is 5.32 Å². The highest BCUT2D eigenvalue weighted by Gasteiger charge is 2.37. The summed E-state index contributed by atoms with van der Waals surface area (Å²) in [6.45, 7) is 2.30. The Bertz CT molecular complexity index is 1730. The predicted molar refractivity (Wildman–Crippen MR) is 153 cm³/mol. The molecule has 0 aromatic heterocycles. The van der Waals surface area contributed by atoms with E-state index in [4.69, 9.17) is 21.1 Å². The fraction of sp³-hybridized carbons (Fsp3) is 0.100. The first-order chi connectivity index (χ1) is 19.8. The molecule has 0 saturated carbocycles. The Balaban J connectivity index is 1.45. The first kappa shape index (κ1) is 27.4. The number of non-ortho nitro benzene ring substituents is 1. The van der Waals surface area contributed by atoms with E-state index in [1.807, 2.05) is 42.5 Å². The predicted octanol–water partition coefficient (Wildman–Crippen LogP) is 6.05. The summed E-state index contributed by atoms with van der Waals surface area (Å²) in [4.78, 5) is 49.5. The number of halogens is 1. The molecule has 1 aliphatic heterocycles. The lowest BCUT2D eigenvalue weighted by atomic mass is 10.1. The van der Waals surface area contributed by atoms with Gasteiger partial charge in [0.1, 0.15) is 12.2 Å². The summed E-state index contributed by atoms with van der Waals surface area (Å²) in [5.41, 5.74) is 0.805. The van der Waals surface area contributed by atoms with E-state index >= 15 is 0 Å². The topological polar surface area (TPSA) is 128 Å². The molecule has 4 aromatic carbocycles. The number of anilines is 1. The van der Waals surface area contributed by atoms with Gasteiger partial charge in [0.15, 0.2) is 11.5 Å². The van der Waals surface area contributed by atoms with Crippen LogP contribution in [0.25, 0.3) is 16.8 Å². The maximum atomic E-state index is 13.3. The maximum Gasteiger partial charge on any atom is 0.335 e. The van der Waals surface area contributed by atoms with Gasteiger partial charge < -0.3 is 9.47 Å². The average molecular weight is 572 g/mol. The Hall–Kier alpha value is -5.22. The summed E-state index contributed by atoms with van der Waals surface area (Å²) in [6, 6.07) is 20.8. The average Bonchev–Trinajstić information content (AvgIpc) is 2.95. The molecule has 0 atom stereocenters. The Morgan fingerprint density at radius 3 is 2.44 bits per heavy atom. The second-order valence-electron chi connectivity index (χ2n) is 8.92. The van der Waals surface area contributed by atoms with Crippen molar-refractivity contribution in [2.24, 2.45) is 0 Å². The van der Waals surface area contributed by atoms with Crippen LogP contribution in [0.4, 0.5) is 16.2 Å². The molecule has 0 radical (unpaired) electrons. The Labute approximate surface area is 238 Å². The van der Waals surface area contributed by atoms with Gasteiger partial charge in [-0.2, -0.15) is 0 Å². The molecule has 1 fully saturated rings. The normalized spacial score (nSPS) is 14.3. The van der Waals surface area contributed by atoms with E-state index in [-0.39, 0.29) is 28.6 Å². The van der Waals surface area contributed by atoms with Crippen molar-refractivity contribution in [3.05, 3.63) is 111 Å². The summed E-state index contributed by atoms with van der Waals surface area (Å²) in [7, 11) is 0. The van der Waals surface area contributed by atoms with E-state index in [0.29, 0.717) is 23.7 Å². The number of imide groups is 2. The van der Waals surface area contributed by atoms with Gasteiger partial charge in [-0.05, 0) is 59.2 Å². The Morgan fingerprint density at radius 2 is 1.71 bits per heavy atom. The highest BCUT2D eigenvalue weighted by Crippen LogP contribution is 2.38. The highest BCUT2D eigenvalue weighted by atomic mass is 35.5. The molecule has 1 aliphatic rings. The molecule has 206 valence electrons. The molecule has 11 heteroatoms. The molecular formula is C30H22ClN3O7. The Kier molecular flexibility index (Phi) is 7.66. The number of barbiturate groups is 1. The largest absolute Gasteiger partial charge is 0.490 e. The number of nitrogens with one attached hydrogen (secondary N) is 1. The van der Waals surface area contributed by atoms with Crippen molar-refractivity contribution >= 4 is 57.7 Å². The summed E-state index contributed by atoms with van der Waals surface area (Å²) in [5.74, 6) is -1.20. The van der Waals surface area contributed by atoms with Crippen molar-refractivity contribution in [2.75, 3.05) is 11.5 Å². The molecule has 1 saturated heterocycles. The van der Waals surface area contributed by atoms with Gasteiger partial charge in [0.2, 0.25) is 0 Å². The third kappa shape index (κ3) is 5.59. The number of amides is 4. The van der Waals surface area contributed by atoms with Gasteiger partial charge in [-0.25, -0.2) is 9.69 Å². The van der Waals surface area contributed by atoms with Crippen molar-refractivity contribution in [3.63, 3.8) is 0 Å². The number of nitrogens with zero attached hydrogens (tertiary/aromatic N) is 2. The molecule has 1 heterocycles. The molecule has 4 amide bonds. The molecule has 1 N–H and O–H groups in total. The molecule has 0 unspecified atom stereocenters. The van der Waals surface area contributed by atoms with Crippen LogP contribution < -0.4 is 19.7 Å². The molecule has 0 aliphatic carbocycles. The van der Waals surface area contributed by atoms with Crippen LogP contribution >= 0.6 is 11.6 Å². The van der Waals surface area contributed by atoms with Gasteiger partial charge in [-0.1, -0.05) is 54.1 Å². The standard InChI is InChI=1S/C30H22ClN3O7/c1-2-40-26-16-18(15-25(31)27(26)41-17-20-8-5-7-19-6-3-4-9-23(19)20)14-24-28(35)32-30(37)33(29(24)36)21-10-12-22(13-11-21)34(38)39/h3-16H,2,17H2,1H3,(H,32,35,37)/b24-14+. The van der Waals surface area contributed by atoms with E-state index in [0.717, 1.165) is 33.4 Å². The SMILES string of the molecule is CCOc1cc(/C=C2\C(=O)NC(=O)N(c3ccc([N+](=O)[O-])cc3)C2=O)cc(Cl)c1OCc1cccc2ccccc12. The lowest BCUT2D eigenvalue weighted by molar-refractivity contribution is -0.384. The lowest BCUT2D eigenvalue weighted by Crippen LogP contribution is -2.54. The zero-order valence-corrected chi connectivity index (χ0v) is 22.4. The van der Waals surface area contributed by atoms with E-state index in [1.54, 1.807) is 13.0 Å². The first-order valence-electron chi connectivity index (χ1n) is 12.5. The number of fused-ring (bicyclic) bond motifs is 1. The number of nitro benzene ring substituents is 1. The quantitative estimate of drug-likeness (QED) is 0.118. The fourth-order valence-electron chi connectivity index (χ4n) is 4.42. The third-order valence-corrected chi connectivity index (χ3v) is 6.60. The van der Waals surface area contributed by atoms with Gasteiger partial charge in [0, 0.05) is 12.1 Å². The molecule has 0 spiro atoms. The van der Waals surface area contributed by atoms with E-state index in [2.05, 4.69) is 5.32 Å². The number of carbonyl (C=O) groups excluding carboxylic acids is 3. The number of benzene rings is 4. The minimum Gasteiger partial charge on any atom is -0.490 e. The van der Waals surface area contributed by atoms with Gasteiger partial charge >= 0.3 is 6.03 Å². The van der Waals surface area contributed by atoms with Crippen LogP contribution in [0.15, 0.2) is 84.4 Å². The summed E-state index contributed by atoms with van der Waals surface area (Å²) in [5, 5.41) is 15.4. The van der Waals surface area contributed by atoms with E-state index in [1.165, 1.54) is 24.3 Å². The number of ether oxygens (including phenoxy) is 2. The summed E-state index contributed by atoms with van der Waals surface area (Å²) >= 11 is 6.59. The number of carbonyl (C=O) groups is 3. The number of hydrogen-bond acceptors (Lipinski definition) is 7. The lowest BCUT2D eigenvalue weighted by Gasteiger charge is -2.26. The molecule has 0 bridgehead atoms. The number of hydrogen-bond donors (Lipinski definition) is 1. The molecular weight excluding hydrogens is 550 g/mol. The van der Waals surface area contributed by atoms with E-state index in [9.17, 15) is 24.5 Å². The van der Waals surface area contributed by atoms with Crippen LogP contribution in [-0.4, -0.2) is 29.4 Å². The van der Waals surface area contributed by atoms with Crippen LogP contribution in [0.5, 0.6) is 11.5 Å². The van der Waals surface area contributed by atoms with Crippen molar-refractivity contribution in [2.45, 2.75) is 13.5 Å². The second kappa shape index (κ2) is 11.5. The van der Waals surface area contributed by atoms with Crippen LogP contribution in [-0.2, 0) is 16.2 Å². The van der Waals surface area contributed by atoms with Crippen LogP contribution in [0.1, 0.15) is 18.1 Å². The Morgan fingerprint density at radius 1 is 0.976 bits per heavy atom. The van der Waals surface area contributed by atoms with Gasteiger partial charge in [0.25, 0.3) is 17.5 Å². The number of nitro groups is 1. The van der Waals surface area contributed by atoms with Gasteiger partial charge in [0.05, 0.1) is 22.2 Å². The summed E-state index contributed by atoms with van der Waals surface area (Å²) in [6.07, 6.45) is 1.28. The van der Waals surface area contributed by atoms with Crippen LogP contribution in [0.2, 0.25) is 5.02 Å². The first-order valence-corrected chi connectivity index (χ1v) is 12.9. The van der Waals surface area contributed by atoms with Crippen LogP contribution in [0.3, 0.4) is 0 Å². The van der Waals surface area contributed by atoms with Crippen molar-refractivity contribution in [3.8, 4) is 11.5 Å². The van der Waals surface area contributed by atoms with Gasteiger partial charge in [-0.15, -0.1) is 0 Å². The zero-order valence-electron chi connectivity index (χ0n) is 21.6.